The summed E-state index contributed by atoms with van der Waals surface area (Å²) in [7, 11) is 0. The largest absolute Gasteiger partial charge is 0.344 e. The second-order valence-corrected chi connectivity index (χ2v) is 7.92. The van der Waals surface area contributed by atoms with E-state index in [0.717, 1.165) is 19.3 Å². The highest BCUT2D eigenvalue weighted by atomic mass is 35.5. The summed E-state index contributed by atoms with van der Waals surface area (Å²) in [5.41, 5.74) is 1.13. The van der Waals surface area contributed by atoms with Gasteiger partial charge in [0.15, 0.2) is 5.69 Å². The topological polar surface area (TPSA) is 113 Å². The summed E-state index contributed by atoms with van der Waals surface area (Å²) in [6.07, 6.45) is 3.66. The summed E-state index contributed by atoms with van der Waals surface area (Å²) < 4.78 is 1.37. The van der Waals surface area contributed by atoms with Gasteiger partial charge in [-0.2, -0.15) is 10.1 Å². The predicted octanol–water partition coefficient (Wildman–Crippen LogP) is 2.09. The van der Waals surface area contributed by atoms with Crippen LogP contribution in [0.1, 0.15) is 48.3 Å². The average molecular weight is 430 g/mol. The lowest BCUT2D eigenvalue weighted by Gasteiger charge is -2.30. The lowest BCUT2D eigenvalue weighted by molar-refractivity contribution is -0.134. The van der Waals surface area contributed by atoms with Crippen LogP contribution in [0.25, 0.3) is 5.69 Å². The van der Waals surface area contributed by atoms with Gasteiger partial charge in [0.25, 0.3) is 11.8 Å². The fraction of sp³-hybridized carbons (Fsp3) is 0.350. The maximum absolute atomic E-state index is 12.8. The molecule has 156 valence electrons. The summed E-state index contributed by atoms with van der Waals surface area (Å²) in [5, 5.41) is 7.87. The van der Waals surface area contributed by atoms with Crippen LogP contribution in [0.2, 0.25) is 5.02 Å². The molecule has 2 aliphatic rings. The molecule has 1 saturated heterocycles. The zero-order chi connectivity index (χ0) is 21.5. The van der Waals surface area contributed by atoms with Crippen molar-refractivity contribution in [3.63, 3.8) is 0 Å². The highest BCUT2D eigenvalue weighted by Gasteiger charge is 2.52. The molecule has 4 rings (SSSR count). The van der Waals surface area contributed by atoms with Gasteiger partial charge in [-0.1, -0.05) is 43.0 Å². The smallest absolute Gasteiger partial charge is 0.322 e. The molecule has 9 nitrogen and oxygen atoms in total. The number of carbonyl (C=O) groups is 3. The predicted molar refractivity (Wildman–Crippen MR) is 108 cm³/mol. The molecule has 2 fully saturated rings. The first-order valence-corrected chi connectivity index (χ1v) is 10.0. The molecule has 0 atom stereocenters. The Hall–Kier alpha value is -3.20. The number of hydrogen-bond donors (Lipinski definition) is 2. The van der Waals surface area contributed by atoms with Crippen LogP contribution >= 0.6 is 11.6 Å². The molecule has 10 heteroatoms. The fourth-order valence-corrected chi connectivity index (χ4v) is 4.16. The van der Waals surface area contributed by atoms with Crippen molar-refractivity contribution in [1.29, 1.82) is 0 Å². The van der Waals surface area contributed by atoms with E-state index in [4.69, 9.17) is 11.6 Å². The van der Waals surface area contributed by atoms with Crippen molar-refractivity contribution < 1.29 is 14.4 Å². The summed E-state index contributed by atoms with van der Waals surface area (Å²) in [6.45, 7) is 1.66. The Morgan fingerprint density at radius 1 is 1.17 bits per heavy atom. The Morgan fingerprint density at radius 3 is 2.57 bits per heavy atom. The lowest BCUT2D eigenvalue weighted by Crippen LogP contribution is -2.51. The van der Waals surface area contributed by atoms with Crippen LogP contribution in [0.4, 0.5) is 4.79 Å². The first-order valence-electron chi connectivity index (χ1n) is 9.66. The highest BCUT2D eigenvalue weighted by molar-refractivity contribution is 6.32. The number of para-hydroxylation sites is 1. The van der Waals surface area contributed by atoms with E-state index in [1.807, 2.05) is 0 Å². The number of carbonyl (C=O) groups excluding carboxylic acids is 3. The standard InChI is InChI=1S/C20H20ClN5O4/c1-12-11-15(27)16(23-25(12)14-8-4-3-7-13(14)21)17(28)24-26-18(29)20(22-19(26)30)9-5-2-6-10-20/h3-4,7-8,11H,2,5-6,9-10H2,1H3,(H,22,30)(H,24,28). The molecule has 2 heterocycles. The normalized spacial score (nSPS) is 17.9. The monoisotopic (exact) mass is 429 g/mol. The van der Waals surface area contributed by atoms with Gasteiger partial charge in [0.2, 0.25) is 5.43 Å². The summed E-state index contributed by atoms with van der Waals surface area (Å²) in [5.74, 6) is -1.46. The number of rotatable bonds is 3. The van der Waals surface area contributed by atoms with Gasteiger partial charge in [0, 0.05) is 11.8 Å². The van der Waals surface area contributed by atoms with Crippen molar-refractivity contribution in [2.24, 2.45) is 0 Å². The van der Waals surface area contributed by atoms with Crippen LogP contribution < -0.4 is 16.2 Å². The molecule has 0 radical (unpaired) electrons. The molecule has 1 aromatic carbocycles. The van der Waals surface area contributed by atoms with Crippen LogP contribution in [0.15, 0.2) is 35.1 Å². The van der Waals surface area contributed by atoms with E-state index in [-0.39, 0.29) is 0 Å². The summed E-state index contributed by atoms with van der Waals surface area (Å²) >= 11 is 6.22. The number of imide groups is 1. The molecule has 1 aliphatic carbocycles. The number of hydrogen-bond acceptors (Lipinski definition) is 5. The molecule has 2 N–H and O–H groups in total. The zero-order valence-corrected chi connectivity index (χ0v) is 17.0. The third kappa shape index (κ3) is 3.35. The number of halogens is 1. The van der Waals surface area contributed by atoms with E-state index in [1.54, 1.807) is 31.2 Å². The number of amides is 4. The number of aryl methyl sites for hydroxylation is 1. The van der Waals surface area contributed by atoms with Crippen molar-refractivity contribution in [3.8, 4) is 5.69 Å². The van der Waals surface area contributed by atoms with Gasteiger partial charge >= 0.3 is 6.03 Å². The Bertz CT molecular complexity index is 1110. The number of aromatic nitrogens is 2. The maximum atomic E-state index is 12.8. The zero-order valence-electron chi connectivity index (χ0n) is 16.3. The molecular weight excluding hydrogens is 410 g/mol. The van der Waals surface area contributed by atoms with E-state index in [1.165, 1.54) is 10.7 Å². The molecule has 0 unspecified atom stereocenters. The van der Waals surface area contributed by atoms with Gasteiger partial charge in [0.1, 0.15) is 5.54 Å². The van der Waals surface area contributed by atoms with E-state index < -0.39 is 34.5 Å². The molecule has 1 aliphatic heterocycles. The van der Waals surface area contributed by atoms with E-state index in [0.29, 0.717) is 34.3 Å². The molecule has 1 aromatic heterocycles. The van der Waals surface area contributed by atoms with Crippen LogP contribution in [-0.4, -0.2) is 38.2 Å². The Balaban J connectivity index is 1.63. The SMILES string of the molecule is Cc1cc(=O)c(C(=O)NN2C(=O)NC3(CCCCC3)C2=O)nn1-c1ccccc1Cl. The van der Waals surface area contributed by atoms with E-state index in [2.05, 4.69) is 15.8 Å². The minimum Gasteiger partial charge on any atom is -0.322 e. The number of nitrogens with one attached hydrogen (secondary N) is 2. The molecule has 1 spiro atoms. The molecule has 1 saturated carbocycles. The van der Waals surface area contributed by atoms with Crippen molar-refractivity contribution in [2.45, 2.75) is 44.6 Å². The molecule has 2 aromatic rings. The van der Waals surface area contributed by atoms with Crippen LogP contribution in [0.3, 0.4) is 0 Å². The summed E-state index contributed by atoms with van der Waals surface area (Å²) in [4.78, 5) is 50.4. The van der Waals surface area contributed by atoms with Gasteiger partial charge in [-0.15, -0.1) is 0 Å². The third-order valence-corrected chi connectivity index (χ3v) is 5.81. The van der Waals surface area contributed by atoms with Crippen molar-refractivity contribution in [3.05, 3.63) is 57.0 Å². The summed E-state index contributed by atoms with van der Waals surface area (Å²) in [6, 6.07) is 7.38. The fourth-order valence-electron chi connectivity index (χ4n) is 3.94. The minimum absolute atomic E-state index is 0.386. The second-order valence-electron chi connectivity index (χ2n) is 7.52. The van der Waals surface area contributed by atoms with E-state index in [9.17, 15) is 19.2 Å². The Morgan fingerprint density at radius 2 is 1.87 bits per heavy atom. The number of hydrazine groups is 1. The van der Waals surface area contributed by atoms with Crippen LogP contribution in [0.5, 0.6) is 0 Å². The van der Waals surface area contributed by atoms with Gasteiger partial charge in [0.05, 0.1) is 10.7 Å². The molecule has 30 heavy (non-hydrogen) atoms. The quantitative estimate of drug-likeness (QED) is 0.725. The lowest BCUT2D eigenvalue weighted by atomic mass is 9.82. The van der Waals surface area contributed by atoms with Gasteiger partial charge in [-0.3, -0.25) is 19.8 Å². The number of urea groups is 1. The maximum Gasteiger partial charge on any atom is 0.344 e. The third-order valence-electron chi connectivity index (χ3n) is 5.49. The molecule has 0 bridgehead atoms. The molecular formula is C20H20ClN5O4. The van der Waals surface area contributed by atoms with E-state index >= 15 is 0 Å². The Kier molecular flexibility index (Phi) is 5.07. The number of nitrogens with zero attached hydrogens (tertiary/aromatic N) is 3. The van der Waals surface area contributed by atoms with Crippen molar-refractivity contribution in [2.75, 3.05) is 0 Å². The average Bonchev–Trinajstić information content (AvgIpc) is 2.93. The van der Waals surface area contributed by atoms with Gasteiger partial charge in [-0.05, 0) is 31.9 Å². The first kappa shape index (κ1) is 20.1. The Labute approximate surface area is 177 Å². The van der Waals surface area contributed by atoms with Crippen LogP contribution in [-0.2, 0) is 4.79 Å². The first-order chi connectivity index (χ1) is 14.3. The van der Waals surface area contributed by atoms with Crippen molar-refractivity contribution >= 4 is 29.4 Å². The van der Waals surface area contributed by atoms with Gasteiger partial charge in [-0.25, -0.2) is 9.48 Å². The highest BCUT2D eigenvalue weighted by Crippen LogP contribution is 2.33. The minimum atomic E-state index is -0.985. The van der Waals surface area contributed by atoms with Gasteiger partial charge < -0.3 is 5.32 Å². The van der Waals surface area contributed by atoms with Crippen molar-refractivity contribution in [1.82, 2.24) is 25.5 Å². The number of benzene rings is 1. The molecule has 4 amide bonds. The van der Waals surface area contributed by atoms with Crippen LogP contribution in [0, 0.1) is 6.92 Å². The second kappa shape index (κ2) is 7.56.